The van der Waals surface area contributed by atoms with Crippen molar-refractivity contribution >= 4 is 33.0 Å². The first kappa shape index (κ1) is 8.62. The van der Waals surface area contributed by atoms with E-state index in [1.54, 1.807) is 11.3 Å². The fourth-order valence-electron chi connectivity index (χ4n) is 1.30. The molecule has 0 amide bonds. The lowest BCUT2D eigenvalue weighted by molar-refractivity contribution is 1.39. The molecule has 13 heavy (non-hydrogen) atoms. The summed E-state index contributed by atoms with van der Waals surface area (Å²) < 4.78 is 1.25. The van der Waals surface area contributed by atoms with Crippen molar-refractivity contribution in [3.63, 3.8) is 0 Å². The second kappa shape index (κ2) is 3.41. The first-order valence-electron chi connectivity index (χ1n) is 3.90. The van der Waals surface area contributed by atoms with Crippen molar-refractivity contribution in [2.24, 2.45) is 0 Å². The topological polar surface area (TPSA) is 0 Å². The fraction of sp³-hybridized carbons (Fsp3) is 0.0909. The lowest BCUT2D eigenvalue weighted by Crippen LogP contribution is -1.76. The Labute approximate surface area is 86.2 Å². The predicted molar refractivity (Wildman–Crippen MR) is 59.4 cm³/mol. The molecule has 0 N–H and O–H groups in total. The molecular formula is C11H7ClS. The molecule has 0 aliphatic heterocycles. The van der Waals surface area contributed by atoms with E-state index in [1.807, 2.05) is 18.2 Å². The van der Waals surface area contributed by atoms with Gasteiger partial charge in [-0.2, -0.15) is 0 Å². The summed E-state index contributed by atoms with van der Waals surface area (Å²) in [6.45, 7) is 0. The van der Waals surface area contributed by atoms with Crippen molar-refractivity contribution in [1.82, 2.24) is 0 Å². The number of thiophene rings is 1. The van der Waals surface area contributed by atoms with Gasteiger partial charge in [-0.15, -0.1) is 23.7 Å². The van der Waals surface area contributed by atoms with Crippen molar-refractivity contribution in [2.75, 3.05) is 0 Å². The molecule has 0 aliphatic rings. The molecule has 2 heteroatoms. The van der Waals surface area contributed by atoms with Crippen LogP contribution in [0.1, 0.15) is 5.56 Å². The zero-order valence-electron chi connectivity index (χ0n) is 6.88. The minimum absolute atomic E-state index is 0.681. The van der Waals surface area contributed by atoms with E-state index < -0.39 is 0 Å². The number of fused-ring (bicyclic) bond motifs is 1. The van der Waals surface area contributed by atoms with Crippen LogP contribution in [0, 0.1) is 12.3 Å². The summed E-state index contributed by atoms with van der Waals surface area (Å²) in [6, 6.07) is 5.91. The zero-order valence-corrected chi connectivity index (χ0v) is 8.45. The summed E-state index contributed by atoms with van der Waals surface area (Å²) in [6.07, 6.45) is 5.95. The second-order valence-electron chi connectivity index (χ2n) is 2.78. The van der Waals surface area contributed by atoms with Gasteiger partial charge in [0.25, 0.3) is 0 Å². The Morgan fingerprint density at radius 2 is 2.31 bits per heavy atom. The SMILES string of the molecule is C#CCc1csc2ccc(Cl)cc12. The molecular weight excluding hydrogens is 200 g/mol. The third kappa shape index (κ3) is 1.56. The van der Waals surface area contributed by atoms with Crippen LogP contribution in [-0.2, 0) is 6.42 Å². The smallest absolute Gasteiger partial charge is 0.0413 e. The Kier molecular flexibility index (Phi) is 2.26. The van der Waals surface area contributed by atoms with Crippen molar-refractivity contribution in [1.29, 1.82) is 0 Å². The molecule has 0 atom stereocenters. The summed E-state index contributed by atoms with van der Waals surface area (Å²) >= 11 is 7.61. The summed E-state index contributed by atoms with van der Waals surface area (Å²) in [5.41, 5.74) is 1.20. The van der Waals surface area contributed by atoms with E-state index in [0.29, 0.717) is 6.42 Å². The van der Waals surface area contributed by atoms with Gasteiger partial charge < -0.3 is 0 Å². The quantitative estimate of drug-likeness (QED) is 0.624. The Hall–Kier alpha value is -0.970. The third-order valence-corrected chi connectivity index (χ3v) is 3.16. The first-order chi connectivity index (χ1) is 6.31. The lowest BCUT2D eigenvalue weighted by atomic mass is 10.1. The summed E-state index contributed by atoms with van der Waals surface area (Å²) in [4.78, 5) is 0. The van der Waals surface area contributed by atoms with Gasteiger partial charge in [0.15, 0.2) is 0 Å². The number of halogens is 1. The van der Waals surface area contributed by atoms with Crippen molar-refractivity contribution < 1.29 is 0 Å². The van der Waals surface area contributed by atoms with Gasteiger partial charge in [-0.25, -0.2) is 0 Å². The van der Waals surface area contributed by atoms with E-state index in [2.05, 4.69) is 11.3 Å². The van der Waals surface area contributed by atoms with Gasteiger partial charge in [0.1, 0.15) is 0 Å². The average Bonchev–Trinajstić information content (AvgIpc) is 2.49. The highest BCUT2D eigenvalue weighted by atomic mass is 35.5. The van der Waals surface area contributed by atoms with Crippen molar-refractivity contribution in [3.05, 3.63) is 34.2 Å². The molecule has 0 aliphatic carbocycles. The maximum atomic E-state index is 5.90. The highest BCUT2D eigenvalue weighted by Gasteiger charge is 2.02. The third-order valence-electron chi connectivity index (χ3n) is 1.91. The van der Waals surface area contributed by atoms with Gasteiger partial charge in [-0.3, -0.25) is 0 Å². The Balaban J connectivity index is 2.66. The minimum Gasteiger partial charge on any atom is -0.143 e. The maximum Gasteiger partial charge on any atom is 0.0413 e. The van der Waals surface area contributed by atoms with Crippen LogP contribution in [0.25, 0.3) is 10.1 Å². The molecule has 0 saturated heterocycles. The number of terminal acetylenes is 1. The van der Waals surface area contributed by atoms with Crippen LogP contribution < -0.4 is 0 Å². The van der Waals surface area contributed by atoms with Gasteiger partial charge >= 0.3 is 0 Å². The van der Waals surface area contributed by atoms with E-state index in [9.17, 15) is 0 Å². The Morgan fingerprint density at radius 1 is 1.46 bits per heavy atom. The van der Waals surface area contributed by atoms with Crippen molar-refractivity contribution in [2.45, 2.75) is 6.42 Å². The number of rotatable bonds is 1. The number of benzene rings is 1. The normalized spacial score (nSPS) is 10.2. The molecule has 0 saturated carbocycles. The van der Waals surface area contributed by atoms with E-state index in [4.69, 9.17) is 18.0 Å². The minimum atomic E-state index is 0.681. The van der Waals surface area contributed by atoms with Crippen LogP contribution in [0.2, 0.25) is 5.02 Å². The molecule has 1 aromatic carbocycles. The summed E-state index contributed by atoms with van der Waals surface area (Å²) in [5, 5.41) is 4.06. The predicted octanol–water partition coefficient (Wildman–Crippen LogP) is 3.73. The highest BCUT2D eigenvalue weighted by molar-refractivity contribution is 7.17. The maximum absolute atomic E-state index is 5.90. The molecule has 0 fully saturated rings. The molecule has 0 bridgehead atoms. The fourth-order valence-corrected chi connectivity index (χ4v) is 2.42. The second-order valence-corrected chi connectivity index (χ2v) is 4.13. The van der Waals surface area contributed by atoms with Gasteiger partial charge in [-0.05, 0) is 34.5 Å². The van der Waals surface area contributed by atoms with Crippen LogP contribution >= 0.6 is 22.9 Å². The molecule has 0 spiro atoms. The van der Waals surface area contributed by atoms with Crippen LogP contribution in [-0.4, -0.2) is 0 Å². The molecule has 2 aromatic rings. The van der Waals surface area contributed by atoms with E-state index in [0.717, 1.165) is 5.02 Å². The average molecular weight is 207 g/mol. The van der Waals surface area contributed by atoms with Crippen LogP contribution in [0.4, 0.5) is 0 Å². The van der Waals surface area contributed by atoms with E-state index in [1.165, 1.54) is 15.6 Å². The van der Waals surface area contributed by atoms with Gasteiger partial charge in [-0.1, -0.05) is 11.6 Å². The highest BCUT2D eigenvalue weighted by Crippen LogP contribution is 2.28. The number of hydrogen-bond donors (Lipinski definition) is 0. The van der Waals surface area contributed by atoms with Crippen LogP contribution in [0.15, 0.2) is 23.6 Å². The molecule has 1 aromatic heterocycles. The number of hydrogen-bond acceptors (Lipinski definition) is 1. The molecule has 0 nitrogen and oxygen atoms in total. The van der Waals surface area contributed by atoms with Gasteiger partial charge in [0, 0.05) is 16.1 Å². The van der Waals surface area contributed by atoms with Crippen LogP contribution in [0.3, 0.4) is 0 Å². The first-order valence-corrected chi connectivity index (χ1v) is 5.16. The van der Waals surface area contributed by atoms with Gasteiger partial charge in [0.2, 0.25) is 0 Å². The molecule has 0 radical (unpaired) electrons. The van der Waals surface area contributed by atoms with Crippen molar-refractivity contribution in [3.8, 4) is 12.3 Å². The summed E-state index contributed by atoms with van der Waals surface area (Å²) in [5.74, 6) is 2.65. The van der Waals surface area contributed by atoms with Crippen LogP contribution in [0.5, 0.6) is 0 Å². The Bertz CT molecular complexity index is 476. The largest absolute Gasteiger partial charge is 0.143 e. The van der Waals surface area contributed by atoms with E-state index >= 15 is 0 Å². The zero-order chi connectivity index (χ0) is 9.26. The van der Waals surface area contributed by atoms with E-state index in [-0.39, 0.29) is 0 Å². The molecule has 2 rings (SSSR count). The van der Waals surface area contributed by atoms with Gasteiger partial charge in [0.05, 0.1) is 0 Å². The lowest BCUT2D eigenvalue weighted by Gasteiger charge is -1.93. The molecule has 64 valence electrons. The Morgan fingerprint density at radius 3 is 3.08 bits per heavy atom. The standard InChI is InChI=1S/C11H7ClS/c1-2-3-8-7-13-11-5-4-9(12)6-10(8)11/h1,4-7H,3H2. The molecule has 1 heterocycles. The summed E-state index contributed by atoms with van der Waals surface area (Å²) in [7, 11) is 0. The monoisotopic (exact) mass is 206 g/mol. The molecule has 0 unspecified atom stereocenters.